The van der Waals surface area contributed by atoms with Crippen molar-refractivity contribution in [2.45, 2.75) is 19.3 Å². The number of aromatic nitrogens is 2. The lowest BCUT2D eigenvalue weighted by Crippen LogP contribution is -2.28. The van der Waals surface area contributed by atoms with Crippen molar-refractivity contribution in [1.82, 2.24) is 9.97 Å². The lowest BCUT2D eigenvalue weighted by atomic mass is 9.84. The second-order valence-corrected chi connectivity index (χ2v) is 7.15. The van der Waals surface area contributed by atoms with Gasteiger partial charge in [-0.25, -0.2) is 4.98 Å². The average molecular weight is 364 g/mol. The predicted molar refractivity (Wildman–Crippen MR) is 101 cm³/mol. The van der Waals surface area contributed by atoms with Gasteiger partial charge in [0.25, 0.3) is 0 Å². The van der Waals surface area contributed by atoms with Crippen LogP contribution in [0.5, 0.6) is 5.75 Å². The number of rotatable bonds is 5. The van der Waals surface area contributed by atoms with Crippen LogP contribution in [-0.2, 0) is 5.41 Å². The Bertz CT molecular complexity index is 874. The van der Waals surface area contributed by atoms with Crippen LogP contribution in [0.1, 0.15) is 19.4 Å². The van der Waals surface area contributed by atoms with Crippen molar-refractivity contribution in [2.24, 2.45) is 0 Å². The van der Waals surface area contributed by atoms with Crippen molar-refractivity contribution in [1.29, 1.82) is 0 Å². The van der Waals surface area contributed by atoms with Gasteiger partial charge in [-0.05, 0) is 29.8 Å². The summed E-state index contributed by atoms with van der Waals surface area (Å²) in [6, 6.07) is 11.5. The molecule has 0 aliphatic rings. The monoisotopic (exact) mass is 363 g/mol. The summed E-state index contributed by atoms with van der Waals surface area (Å²) < 4.78 is 5.23. The molecule has 0 aliphatic carbocycles. The molecule has 0 saturated carbocycles. The molecule has 0 fully saturated rings. The standard InChI is InChI=1S/C18H19Cl2N3O/c1-18(2,11-4-6-13(19)14(20)8-11)10-21-17-22-15-7-5-12(24-3)9-16(15)23-17/h4-9H,10H2,1-3H3,(H2,21,22,23). The minimum Gasteiger partial charge on any atom is -0.497 e. The number of methoxy groups -OCH3 is 1. The van der Waals surface area contributed by atoms with E-state index >= 15 is 0 Å². The Morgan fingerprint density at radius 3 is 2.62 bits per heavy atom. The van der Waals surface area contributed by atoms with Crippen LogP contribution in [0.15, 0.2) is 36.4 Å². The second kappa shape index (κ2) is 6.54. The number of nitrogens with zero attached hydrogens (tertiary/aromatic N) is 1. The van der Waals surface area contributed by atoms with Gasteiger partial charge in [0.15, 0.2) is 0 Å². The van der Waals surface area contributed by atoms with E-state index in [1.54, 1.807) is 7.11 Å². The van der Waals surface area contributed by atoms with Crippen LogP contribution in [-0.4, -0.2) is 23.6 Å². The molecular weight excluding hydrogens is 345 g/mol. The zero-order valence-electron chi connectivity index (χ0n) is 13.8. The van der Waals surface area contributed by atoms with Crippen molar-refractivity contribution in [3.8, 4) is 5.75 Å². The van der Waals surface area contributed by atoms with E-state index in [0.29, 0.717) is 16.6 Å². The zero-order chi connectivity index (χ0) is 17.3. The number of anilines is 1. The number of H-pyrrole nitrogens is 1. The Hall–Kier alpha value is -1.91. The molecule has 3 aromatic rings. The van der Waals surface area contributed by atoms with Gasteiger partial charge >= 0.3 is 0 Å². The topological polar surface area (TPSA) is 49.9 Å². The SMILES string of the molecule is COc1ccc2nc(NCC(C)(C)c3ccc(Cl)c(Cl)c3)[nH]c2c1. The van der Waals surface area contributed by atoms with Crippen molar-refractivity contribution >= 4 is 40.2 Å². The molecule has 0 saturated heterocycles. The lowest BCUT2D eigenvalue weighted by molar-refractivity contribution is 0.415. The molecule has 3 rings (SSSR count). The van der Waals surface area contributed by atoms with Crippen LogP contribution >= 0.6 is 23.2 Å². The van der Waals surface area contributed by atoms with Gasteiger partial charge < -0.3 is 15.0 Å². The molecule has 1 aromatic heterocycles. The van der Waals surface area contributed by atoms with E-state index in [0.717, 1.165) is 28.3 Å². The fourth-order valence-electron chi connectivity index (χ4n) is 2.52. The van der Waals surface area contributed by atoms with E-state index in [1.807, 2.05) is 36.4 Å². The smallest absolute Gasteiger partial charge is 0.201 e. The van der Waals surface area contributed by atoms with E-state index in [1.165, 1.54) is 0 Å². The first kappa shape index (κ1) is 16.9. The second-order valence-electron chi connectivity index (χ2n) is 6.33. The number of hydrogen-bond acceptors (Lipinski definition) is 3. The van der Waals surface area contributed by atoms with Gasteiger partial charge in [-0.2, -0.15) is 0 Å². The number of benzene rings is 2. The molecule has 0 bridgehead atoms. The van der Waals surface area contributed by atoms with Gasteiger partial charge in [-0.15, -0.1) is 0 Å². The first-order valence-corrected chi connectivity index (χ1v) is 8.38. The summed E-state index contributed by atoms with van der Waals surface area (Å²) in [6.07, 6.45) is 0. The van der Waals surface area contributed by atoms with Gasteiger partial charge in [-0.3, -0.25) is 0 Å². The fraction of sp³-hybridized carbons (Fsp3) is 0.278. The fourth-order valence-corrected chi connectivity index (χ4v) is 2.82. The first-order valence-electron chi connectivity index (χ1n) is 7.62. The van der Waals surface area contributed by atoms with Gasteiger partial charge in [0, 0.05) is 18.0 Å². The van der Waals surface area contributed by atoms with E-state index in [-0.39, 0.29) is 5.41 Å². The molecule has 4 nitrogen and oxygen atoms in total. The summed E-state index contributed by atoms with van der Waals surface area (Å²) in [6.45, 7) is 4.98. The van der Waals surface area contributed by atoms with Crippen LogP contribution in [0.25, 0.3) is 11.0 Å². The Morgan fingerprint density at radius 2 is 1.92 bits per heavy atom. The summed E-state index contributed by atoms with van der Waals surface area (Å²) in [5, 5.41) is 4.49. The maximum Gasteiger partial charge on any atom is 0.201 e. The summed E-state index contributed by atoms with van der Waals surface area (Å²) in [5.41, 5.74) is 2.81. The number of aromatic amines is 1. The van der Waals surface area contributed by atoms with Crippen molar-refractivity contribution in [3.05, 3.63) is 52.0 Å². The van der Waals surface area contributed by atoms with E-state index in [2.05, 4.69) is 29.1 Å². The third-order valence-corrected chi connectivity index (χ3v) is 4.83. The maximum atomic E-state index is 6.14. The molecule has 0 amide bonds. The van der Waals surface area contributed by atoms with E-state index in [9.17, 15) is 0 Å². The molecule has 6 heteroatoms. The van der Waals surface area contributed by atoms with Crippen LogP contribution < -0.4 is 10.1 Å². The quantitative estimate of drug-likeness (QED) is 0.649. The largest absolute Gasteiger partial charge is 0.497 e. The first-order chi connectivity index (χ1) is 11.4. The Morgan fingerprint density at radius 1 is 1.12 bits per heavy atom. The highest BCUT2D eigenvalue weighted by Crippen LogP contribution is 2.30. The maximum absolute atomic E-state index is 6.14. The van der Waals surface area contributed by atoms with Gasteiger partial charge in [0.05, 0.1) is 28.2 Å². The van der Waals surface area contributed by atoms with Crippen LogP contribution in [0, 0.1) is 0 Å². The minimum atomic E-state index is -0.134. The highest BCUT2D eigenvalue weighted by atomic mass is 35.5. The number of nitrogens with one attached hydrogen (secondary N) is 2. The van der Waals surface area contributed by atoms with Gasteiger partial charge in [0.2, 0.25) is 5.95 Å². The van der Waals surface area contributed by atoms with Gasteiger partial charge in [-0.1, -0.05) is 43.1 Å². The highest BCUT2D eigenvalue weighted by Gasteiger charge is 2.22. The highest BCUT2D eigenvalue weighted by molar-refractivity contribution is 6.42. The molecule has 0 unspecified atom stereocenters. The zero-order valence-corrected chi connectivity index (χ0v) is 15.3. The molecule has 0 atom stereocenters. The normalized spacial score (nSPS) is 11.7. The summed E-state index contributed by atoms with van der Waals surface area (Å²) in [7, 11) is 1.65. The Balaban J connectivity index is 1.77. The number of imidazole rings is 1. The number of hydrogen-bond donors (Lipinski definition) is 2. The Kier molecular flexibility index (Phi) is 4.61. The average Bonchev–Trinajstić information content (AvgIpc) is 2.97. The van der Waals surface area contributed by atoms with Crippen LogP contribution in [0.2, 0.25) is 10.0 Å². The predicted octanol–water partition coefficient (Wildman–Crippen LogP) is 5.27. The number of fused-ring (bicyclic) bond motifs is 1. The van der Waals surface area contributed by atoms with Crippen LogP contribution in [0.3, 0.4) is 0 Å². The summed E-state index contributed by atoms with van der Waals surface area (Å²) in [5.74, 6) is 1.53. The molecule has 0 spiro atoms. The number of ether oxygens (including phenoxy) is 1. The lowest BCUT2D eigenvalue weighted by Gasteiger charge is -2.26. The van der Waals surface area contributed by atoms with E-state index < -0.39 is 0 Å². The van der Waals surface area contributed by atoms with E-state index in [4.69, 9.17) is 27.9 Å². The molecule has 126 valence electrons. The third kappa shape index (κ3) is 3.45. The van der Waals surface area contributed by atoms with Crippen LogP contribution in [0.4, 0.5) is 5.95 Å². The summed E-state index contributed by atoms with van der Waals surface area (Å²) >= 11 is 12.1. The Labute approximate surface area is 151 Å². The molecule has 1 heterocycles. The molecule has 24 heavy (non-hydrogen) atoms. The van der Waals surface area contributed by atoms with Crippen molar-refractivity contribution < 1.29 is 4.74 Å². The molecule has 2 aromatic carbocycles. The molecular formula is C18H19Cl2N3O. The third-order valence-electron chi connectivity index (χ3n) is 4.09. The van der Waals surface area contributed by atoms with Crippen molar-refractivity contribution in [3.63, 3.8) is 0 Å². The summed E-state index contributed by atoms with van der Waals surface area (Å²) in [4.78, 5) is 7.81. The molecule has 0 radical (unpaired) electrons. The van der Waals surface area contributed by atoms with Gasteiger partial charge in [0.1, 0.15) is 5.75 Å². The van der Waals surface area contributed by atoms with Crippen molar-refractivity contribution in [2.75, 3.05) is 19.0 Å². The molecule has 2 N–H and O–H groups in total. The number of halogens is 2. The minimum absolute atomic E-state index is 0.134. The molecule has 0 aliphatic heterocycles.